The van der Waals surface area contributed by atoms with Crippen molar-refractivity contribution in [2.24, 2.45) is 0 Å². The Morgan fingerprint density at radius 3 is 2.73 bits per heavy atom. The Balaban J connectivity index is 1.47. The first kappa shape index (κ1) is 18.9. The van der Waals surface area contributed by atoms with Gasteiger partial charge in [0.05, 0.1) is 24.2 Å². The summed E-state index contributed by atoms with van der Waals surface area (Å²) in [5, 5.41) is 0. The van der Waals surface area contributed by atoms with Gasteiger partial charge in [-0.05, 0) is 38.4 Å². The number of likely N-dealkylation sites (tertiary alicyclic amines) is 1. The van der Waals surface area contributed by atoms with Gasteiger partial charge in [-0.3, -0.25) is 9.69 Å². The number of nitrogens with zero attached hydrogens (tertiary/aromatic N) is 3. The molecule has 2 atom stereocenters. The molecule has 1 saturated heterocycles. The standard InChI is InChI=1S/C20H29N3O3/c1-15-21-17-9-5-6-10-18(17)23(15)12-8-4-7-11-22-14-16(25-2)13-19(22)20(24)26-3/h5-6,9-10,16,19H,4,7-8,11-14H2,1-3H3. The number of para-hydroxylation sites is 2. The maximum absolute atomic E-state index is 12.0. The molecule has 0 N–H and O–H groups in total. The second kappa shape index (κ2) is 8.64. The van der Waals surface area contributed by atoms with E-state index < -0.39 is 0 Å². The van der Waals surface area contributed by atoms with E-state index in [1.165, 1.54) is 12.6 Å². The molecule has 0 bridgehead atoms. The Hall–Kier alpha value is -1.92. The second-order valence-electron chi connectivity index (χ2n) is 6.99. The summed E-state index contributed by atoms with van der Waals surface area (Å²) in [7, 11) is 3.17. The number of carbonyl (C=O) groups excluding carboxylic acids is 1. The van der Waals surface area contributed by atoms with Gasteiger partial charge in [0, 0.05) is 26.6 Å². The third-order valence-electron chi connectivity index (χ3n) is 5.34. The number of benzene rings is 1. The van der Waals surface area contributed by atoms with Crippen LogP contribution in [0.5, 0.6) is 0 Å². The Morgan fingerprint density at radius 1 is 1.19 bits per heavy atom. The van der Waals surface area contributed by atoms with Crippen LogP contribution in [-0.4, -0.2) is 59.9 Å². The molecular formula is C20H29N3O3. The van der Waals surface area contributed by atoms with Crippen LogP contribution >= 0.6 is 0 Å². The lowest BCUT2D eigenvalue weighted by Gasteiger charge is -2.21. The molecule has 2 unspecified atom stereocenters. The number of rotatable bonds is 8. The van der Waals surface area contributed by atoms with Gasteiger partial charge in [-0.25, -0.2) is 4.98 Å². The topological polar surface area (TPSA) is 56.6 Å². The molecule has 1 aliphatic heterocycles. The van der Waals surface area contributed by atoms with Crippen LogP contribution in [0.4, 0.5) is 0 Å². The number of carbonyl (C=O) groups is 1. The molecule has 1 aromatic heterocycles. The first-order chi connectivity index (χ1) is 12.6. The van der Waals surface area contributed by atoms with Crippen LogP contribution in [0.1, 0.15) is 31.5 Å². The molecule has 1 aliphatic rings. The number of fused-ring (bicyclic) bond motifs is 1. The molecule has 142 valence electrons. The minimum Gasteiger partial charge on any atom is -0.468 e. The minimum atomic E-state index is -0.162. The zero-order valence-corrected chi connectivity index (χ0v) is 16.0. The van der Waals surface area contributed by atoms with Crippen molar-refractivity contribution in [3.05, 3.63) is 30.1 Å². The molecule has 0 amide bonds. The first-order valence-electron chi connectivity index (χ1n) is 9.40. The van der Waals surface area contributed by atoms with Crippen LogP contribution in [-0.2, 0) is 20.8 Å². The van der Waals surface area contributed by atoms with E-state index in [0.29, 0.717) is 0 Å². The maximum Gasteiger partial charge on any atom is 0.323 e. The highest BCUT2D eigenvalue weighted by Gasteiger charge is 2.37. The van der Waals surface area contributed by atoms with Gasteiger partial charge in [-0.15, -0.1) is 0 Å². The summed E-state index contributed by atoms with van der Waals surface area (Å²) in [6.07, 6.45) is 4.14. The summed E-state index contributed by atoms with van der Waals surface area (Å²) in [6, 6.07) is 8.12. The van der Waals surface area contributed by atoms with Crippen LogP contribution in [0.25, 0.3) is 11.0 Å². The van der Waals surface area contributed by atoms with Gasteiger partial charge in [0.1, 0.15) is 11.9 Å². The van der Waals surface area contributed by atoms with Gasteiger partial charge in [-0.1, -0.05) is 18.6 Å². The lowest BCUT2D eigenvalue weighted by atomic mass is 10.2. The van der Waals surface area contributed by atoms with Crippen LogP contribution in [0.15, 0.2) is 24.3 Å². The largest absolute Gasteiger partial charge is 0.468 e. The van der Waals surface area contributed by atoms with E-state index in [9.17, 15) is 4.79 Å². The monoisotopic (exact) mass is 359 g/mol. The SMILES string of the molecule is COC(=O)C1CC(OC)CN1CCCCCn1c(C)nc2ccccc21. The molecule has 0 radical (unpaired) electrons. The van der Waals surface area contributed by atoms with Crippen molar-refractivity contribution in [2.75, 3.05) is 27.3 Å². The van der Waals surface area contributed by atoms with Crippen molar-refractivity contribution < 1.29 is 14.3 Å². The van der Waals surface area contributed by atoms with Crippen LogP contribution in [0.2, 0.25) is 0 Å². The van der Waals surface area contributed by atoms with E-state index in [1.807, 2.05) is 6.07 Å². The van der Waals surface area contributed by atoms with Crippen molar-refractivity contribution >= 4 is 17.0 Å². The minimum absolute atomic E-state index is 0.124. The predicted molar refractivity (Wildman–Crippen MR) is 101 cm³/mol. The average molecular weight is 359 g/mol. The summed E-state index contributed by atoms with van der Waals surface area (Å²) >= 11 is 0. The highest BCUT2D eigenvalue weighted by atomic mass is 16.5. The van der Waals surface area contributed by atoms with Crippen LogP contribution in [0.3, 0.4) is 0 Å². The average Bonchev–Trinajstić information content (AvgIpc) is 3.21. The molecular weight excluding hydrogens is 330 g/mol. The zero-order chi connectivity index (χ0) is 18.5. The highest BCUT2D eigenvalue weighted by molar-refractivity contribution is 5.76. The Kier molecular flexibility index (Phi) is 6.27. The molecule has 3 rings (SSSR count). The first-order valence-corrected chi connectivity index (χ1v) is 9.40. The number of aromatic nitrogens is 2. The van der Waals surface area contributed by atoms with Crippen molar-refractivity contribution in [3.63, 3.8) is 0 Å². The van der Waals surface area contributed by atoms with Gasteiger partial charge >= 0.3 is 5.97 Å². The Morgan fingerprint density at radius 2 is 1.96 bits per heavy atom. The van der Waals surface area contributed by atoms with Gasteiger partial charge in [-0.2, -0.15) is 0 Å². The summed E-state index contributed by atoms with van der Waals surface area (Å²) in [4.78, 5) is 18.8. The van der Waals surface area contributed by atoms with E-state index >= 15 is 0 Å². The fraction of sp³-hybridized carbons (Fsp3) is 0.600. The number of ether oxygens (including phenoxy) is 2. The molecule has 1 fully saturated rings. The highest BCUT2D eigenvalue weighted by Crippen LogP contribution is 2.22. The number of methoxy groups -OCH3 is 2. The normalized spacial score (nSPS) is 20.7. The Bertz CT molecular complexity index is 743. The van der Waals surface area contributed by atoms with Crippen molar-refractivity contribution in [1.82, 2.24) is 14.5 Å². The van der Waals surface area contributed by atoms with Crippen molar-refractivity contribution in [2.45, 2.75) is 51.3 Å². The number of aryl methyl sites for hydroxylation is 2. The summed E-state index contributed by atoms with van der Waals surface area (Å²) in [6.45, 7) is 4.76. The van der Waals surface area contributed by atoms with E-state index in [0.717, 1.165) is 56.7 Å². The molecule has 0 aliphatic carbocycles. The number of imidazole rings is 1. The van der Waals surface area contributed by atoms with E-state index in [1.54, 1.807) is 7.11 Å². The fourth-order valence-electron chi connectivity index (χ4n) is 3.90. The molecule has 1 aromatic carbocycles. The van der Waals surface area contributed by atoms with Gasteiger partial charge in [0.2, 0.25) is 0 Å². The number of esters is 1. The van der Waals surface area contributed by atoms with Crippen LogP contribution < -0.4 is 0 Å². The summed E-state index contributed by atoms with van der Waals surface area (Å²) < 4.78 is 12.7. The molecule has 26 heavy (non-hydrogen) atoms. The third-order valence-corrected chi connectivity index (χ3v) is 5.34. The fourth-order valence-corrected chi connectivity index (χ4v) is 3.90. The summed E-state index contributed by atoms with van der Waals surface area (Å²) in [5.74, 6) is 0.921. The quantitative estimate of drug-likeness (QED) is 0.536. The molecule has 2 heterocycles. The lowest BCUT2D eigenvalue weighted by Crippen LogP contribution is -2.37. The second-order valence-corrected chi connectivity index (χ2v) is 6.99. The number of unbranched alkanes of at least 4 members (excludes halogenated alkanes) is 2. The van der Waals surface area contributed by atoms with Crippen molar-refractivity contribution in [1.29, 1.82) is 0 Å². The Labute approximate surface area is 155 Å². The number of hydrogen-bond donors (Lipinski definition) is 0. The van der Waals surface area contributed by atoms with Gasteiger partial charge < -0.3 is 14.0 Å². The lowest BCUT2D eigenvalue weighted by molar-refractivity contribution is -0.145. The molecule has 6 heteroatoms. The van der Waals surface area contributed by atoms with Crippen LogP contribution in [0, 0.1) is 6.92 Å². The van der Waals surface area contributed by atoms with Crippen molar-refractivity contribution in [3.8, 4) is 0 Å². The third kappa shape index (κ3) is 4.07. The molecule has 0 spiro atoms. The molecule has 2 aromatic rings. The van der Waals surface area contributed by atoms with E-state index in [4.69, 9.17) is 9.47 Å². The van der Waals surface area contributed by atoms with Gasteiger partial charge in [0.25, 0.3) is 0 Å². The molecule has 0 saturated carbocycles. The molecule has 6 nitrogen and oxygen atoms in total. The summed E-state index contributed by atoms with van der Waals surface area (Å²) in [5.41, 5.74) is 2.27. The smallest absolute Gasteiger partial charge is 0.323 e. The van der Waals surface area contributed by atoms with E-state index in [2.05, 4.69) is 39.6 Å². The predicted octanol–water partition coefficient (Wildman–Crippen LogP) is 2.78. The van der Waals surface area contributed by atoms with Gasteiger partial charge in [0.15, 0.2) is 0 Å². The maximum atomic E-state index is 12.0. The number of hydrogen-bond acceptors (Lipinski definition) is 5. The van der Waals surface area contributed by atoms with E-state index in [-0.39, 0.29) is 18.1 Å². The zero-order valence-electron chi connectivity index (χ0n) is 16.0.